The lowest BCUT2D eigenvalue weighted by atomic mass is 10.2. The number of morpholine rings is 1. The molecule has 0 aliphatic carbocycles. The molecule has 166 valence electrons. The molecule has 2 fully saturated rings. The van der Waals surface area contributed by atoms with Gasteiger partial charge in [0.2, 0.25) is 0 Å². The molecule has 2 amide bonds. The SMILES string of the molecule is C[C@@H]1CCCN1C(=O)N(C)c1ccc(COc2cc(F)cc(N3CCOCC3)c2)cc1. The highest BCUT2D eigenvalue weighted by atomic mass is 19.1. The number of ether oxygens (including phenoxy) is 2. The summed E-state index contributed by atoms with van der Waals surface area (Å²) in [6, 6.07) is 12.8. The Morgan fingerprint density at radius 1 is 1.16 bits per heavy atom. The summed E-state index contributed by atoms with van der Waals surface area (Å²) in [5, 5.41) is 0. The number of anilines is 2. The topological polar surface area (TPSA) is 45.2 Å². The number of carbonyl (C=O) groups is 1. The van der Waals surface area contributed by atoms with E-state index in [1.54, 1.807) is 11.9 Å². The Bertz CT molecular complexity index is 899. The molecule has 31 heavy (non-hydrogen) atoms. The van der Waals surface area contributed by atoms with Crippen LogP contribution in [0.15, 0.2) is 42.5 Å². The van der Waals surface area contributed by atoms with Crippen molar-refractivity contribution >= 4 is 17.4 Å². The fourth-order valence-electron chi connectivity index (χ4n) is 4.14. The third-order valence-corrected chi connectivity index (χ3v) is 6.05. The Morgan fingerprint density at radius 2 is 1.90 bits per heavy atom. The maximum absolute atomic E-state index is 14.1. The minimum atomic E-state index is -0.314. The number of benzene rings is 2. The third kappa shape index (κ3) is 5.10. The highest BCUT2D eigenvalue weighted by Gasteiger charge is 2.27. The van der Waals surface area contributed by atoms with E-state index in [0.717, 1.165) is 49.4 Å². The van der Waals surface area contributed by atoms with Crippen molar-refractivity contribution in [2.24, 2.45) is 0 Å². The predicted molar refractivity (Wildman–Crippen MR) is 119 cm³/mol. The van der Waals surface area contributed by atoms with E-state index in [1.165, 1.54) is 12.1 Å². The van der Waals surface area contributed by atoms with Crippen molar-refractivity contribution in [3.63, 3.8) is 0 Å². The molecule has 1 atom stereocenters. The first-order valence-corrected chi connectivity index (χ1v) is 10.9. The minimum absolute atomic E-state index is 0.0319. The van der Waals surface area contributed by atoms with Crippen LogP contribution in [0.25, 0.3) is 0 Å². The molecule has 2 saturated heterocycles. The van der Waals surface area contributed by atoms with Crippen LogP contribution < -0.4 is 14.5 Å². The Hall–Kier alpha value is -2.80. The Kier molecular flexibility index (Phi) is 6.61. The molecule has 0 radical (unpaired) electrons. The van der Waals surface area contributed by atoms with E-state index in [2.05, 4.69) is 11.8 Å². The lowest BCUT2D eigenvalue weighted by Crippen LogP contribution is -2.42. The maximum Gasteiger partial charge on any atom is 0.324 e. The molecule has 2 aliphatic heterocycles. The Morgan fingerprint density at radius 3 is 2.58 bits per heavy atom. The van der Waals surface area contributed by atoms with Gasteiger partial charge in [-0.3, -0.25) is 4.90 Å². The average Bonchev–Trinajstić information content (AvgIpc) is 3.23. The molecule has 2 aromatic rings. The third-order valence-electron chi connectivity index (χ3n) is 6.05. The van der Waals surface area contributed by atoms with Crippen LogP contribution in [-0.4, -0.2) is 56.9 Å². The Balaban J connectivity index is 1.37. The van der Waals surface area contributed by atoms with Crippen molar-refractivity contribution in [1.82, 2.24) is 4.90 Å². The molecular formula is C24H30FN3O3. The zero-order valence-electron chi connectivity index (χ0n) is 18.2. The van der Waals surface area contributed by atoms with E-state index < -0.39 is 0 Å². The Labute approximate surface area is 183 Å². The van der Waals surface area contributed by atoms with Crippen LogP contribution in [0.5, 0.6) is 5.75 Å². The molecule has 0 bridgehead atoms. The van der Waals surface area contributed by atoms with Crippen molar-refractivity contribution in [2.45, 2.75) is 32.4 Å². The van der Waals surface area contributed by atoms with Gasteiger partial charge in [-0.2, -0.15) is 0 Å². The van der Waals surface area contributed by atoms with Gasteiger partial charge in [0.05, 0.1) is 13.2 Å². The summed E-state index contributed by atoms with van der Waals surface area (Å²) in [5.74, 6) is 0.187. The van der Waals surface area contributed by atoms with Gasteiger partial charge >= 0.3 is 6.03 Å². The second-order valence-corrected chi connectivity index (χ2v) is 8.23. The van der Waals surface area contributed by atoms with E-state index in [-0.39, 0.29) is 17.9 Å². The van der Waals surface area contributed by atoms with E-state index in [0.29, 0.717) is 25.6 Å². The summed E-state index contributed by atoms with van der Waals surface area (Å²) < 4.78 is 25.3. The molecule has 0 spiro atoms. The van der Waals surface area contributed by atoms with Crippen LogP contribution in [-0.2, 0) is 11.3 Å². The van der Waals surface area contributed by atoms with E-state index in [9.17, 15) is 9.18 Å². The number of carbonyl (C=O) groups excluding carboxylic acids is 1. The number of urea groups is 1. The summed E-state index contributed by atoms with van der Waals surface area (Å²) >= 11 is 0. The molecular weight excluding hydrogens is 397 g/mol. The zero-order valence-corrected chi connectivity index (χ0v) is 18.2. The fourth-order valence-corrected chi connectivity index (χ4v) is 4.14. The van der Waals surface area contributed by atoms with Crippen LogP contribution in [0.4, 0.5) is 20.6 Å². The highest BCUT2D eigenvalue weighted by Crippen LogP contribution is 2.26. The summed E-state index contributed by atoms with van der Waals surface area (Å²) in [5.41, 5.74) is 2.61. The van der Waals surface area contributed by atoms with Crippen molar-refractivity contribution in [3.8, 4) is 5.75 Å². The maximum atomic E-state index is 14.1. The number of hydrogen-bond acceptors (Lipinski definition) is 4. The van der Waals surface area contributed by atoms with Crippen LogP contribution in [0, 0.1) is 5.82 Å². The minimum Gasteiger partial charge on any atom is -0.489 e. The lowest BCUT2D eigenvalue weighted by molar-refractivity contribution is 0.122. The number of rotatable bonds is 5. The van der Waals surface area contributed by atoms with Gasteiger partial charge in [-0.25, -0.2) is 9.18 Å². The van der Waals surface area contributed by atoms with Crippen LogP contribution in [0.1, 0.15) is 25.3 Å². The zero-order chi connectivity index (χ0) is 21.8. The molecule has 4 rings (SSSR count). The van der Waals surface area contributed by atoms with Crippen LogP contribution in [0.3, 0.4) is 0 Å². The van der Waals surface area contributed by atoms with Gasteiger partial charge in [0.25, 0.3) is 0 Å². The highest BCUT2D eigenvalue weighted by molar-refractivity contribution is 5.91. The van der Waals surface area contributed by atoms with E-state index in [4.69, 9.17) is 9.47 Å². The van der Waals surface area contributed by atoms with Gasteiger partial charge in [0.1, 0.15) is 18.2 Å². The number of amides is 2. The predicted octanol–water partition coefficient (Wildman–Crippen LogP) is 4.28. The number of nitrogens with zero attached hydrogens (tertiary/aromatic N) is 3. The van der Waals surface area contributed by atoms with Gasteiger partial charge in [-0.15, -0.1) is 0 Å². The molecule has 2 aromatic carbocycles. The lowest BCUT2D eigenvalue weighted by Gasteiger charge is -2.29. The molecule has 0 unspecified atom stereocenters. The molecule has 0 saturated carbocycles. The van der Waals surface area contributed by atoms with Crippen molar-refractivity contribution < 1.29 is 18.7 Å². The van der Waals surface area contributed by atoms with Crippen LogP contribution >= 0.6 is 0 Å². The summed E-state index contributed by atoms with van der Waals surface area (Å²) in [4.78, 5) is 18.4. The van der Waals surface area contributed by atoms with Crippen LogP contribution in [0.2, 0.25) is 0 Å². The first-order chi connectivity index (χ1) is 15.0. The van der Waals surface area contributed by atoms with Crippen molar-refractivity contribution in [2.75, 3.05) is 49.7 Å². The molecule has 0 N–H and O–H groups in total. The van der Waals surface area contributed by atoms with E-state index in [1.807, 2.05) is 35.2 Å². The second kappa shape index (κ2) is 9.56. The van der Waals surface area contributed by atoms with Gasteiger partial charge in [0, 0.05) is 56.2 Å². The van der Waals surface area contributed by atoms with Gasteiger partial charge < -0.3 is 19.3 Å². The molecule has 6 nitrogen and oxygen atoms in total. The average molecular weight is 428 g/mol. The monoisotopic (exact) mass is 427 g/mol. The summed E-state index contributed by atoms with van der Waals surface area (Å²) in [6.45, 7) is 6.01. The largest absolute Gasteiger partial charge is 0.489 e. The smallest absolute Gasteiger partial charge is 0.324 e. The number of halogens is 1. The summed E-state index contributed by atoms with van der Waals surface area (Å²) in [6.07, 6.45) is 2.12. The number of hydrogen-bond donors (Lipinski definition) is 0. The first-order valence-electron chi connectivity index (χ1n) is 10.9. The molecule has 2 heterocycles. The van der Waals surface area contributed by atoms with Crippen molar-refractivity contribution in [1.29, 1.82) is 0 Å². The second-order valence-electron chi connectivity index (χ2n) is 8.23. The summed E-state index contributed by atoms with van der Waals surface area (Å²) in [7, 11) is 1.80. The molecule has 0 aromatic heterocycles. The van der Waals surface area contributed by atoms with Gasteiger partial charge in [0.15, 0.2) is 0 Å². The van der Waals surface area contributed by atoms with Crippen molar-refractivity contribution in [3.05, 3.63) is 53.8 Å². The van der Waals surface area contributed by atoms with Gasteiger partial charge in [-0.1, -0.05) is 12.1 Å². The van der Waals surface area contributed by atoms with Gasteiger partial charge in [-0.05, 0) is 43.5 Å². The number of likely N-dealkylation sites (tertiary alicyclic amines) is 1. The quantitative estimate of drug-likeness (QED) is 0.715. The van der Waals surface area contributed by atoms with E-state index >= 15 is 0 Å². The fraction of sp³-hybridized carbons (Fsp3) is 0.458. The first kappa shape index (κ1) is 21.4. The standard InChI is InChI=1S/C24H30FN3O3/c1-18-4-3-9-28(18)24(29)26(2)21-7-5-19(6-8-21)17-31-23-15-20(25)14-22(16-23)27-10-12-30-13-11-27/h5-8,14-16,18H,3-4,9-13,17H2,1-2H3/t18-/m1/s1. The molecule has 7 heteroatoms. The normalized spacial score (nSPS) is 18.9. The molecule has 2 aliphatic rings.